The Bertz CT molecular complexity index is 427. The van der Waals surface area contributed by atoms with Crippen LogP contribution in [0.2, 0.25) is 0 Å². The quantitative estimate of drug-likeness (QED) is 0.895. The van der Waals surface area contributed by atoms with Crippen molar-refractivity contribution in [2.45, 2.75) is 51.5 Å². The maximum absolute atomic E-state index is 6.52. The smallest absolute Gasteiger partial charge is 0.122 e. The molecule has 0 radical (unpaired) electrons. The van der Waals surface area contributed by atoms with E-state index < -0.39 is 0 Å². The molecule has 1 aliphatic carbocycles. The summed E-state index contributed by atoms with van der Waals surface area (Å²) >= 11 is 3.53. The first kappa shape index (κ1) is 14.9. The number of halogens is 1. The van der Waals surface area contributed by atoms with Gasteiger partial charge in [0.2, 0.25) is 0 Å². The zero-order valence-corrected chi connectivity index (χ0v) is 13.5. The summed E-state index contributed by atoms with van der Waals surface area (Å²) in [6, 6.07) is 6.35. The van der Waals surface area contributed by atoms with Gasteiger partial charge in [0.1, 0.15) is 5.75 Å². The van der Waals surface area contributed by atoms with Gasteiger partial charge in [0.15, 0.2) is 0 Å². The highest BCUT2D eigenvalue weighted by molar-refractivity contribution is 9.10. The van der Waals surface area contributed by atoms with E-state index in [2.05, 4.69) is 28.9 Å². The number of methoxy groups -OCH3 is 1. The van der Waals surface area contributed by atoms with Gasteiger partial charge >= 0.3 is 0 Å². The fourth-order valence-electron chi connectivity index (χ4n) is 3.12. The molecule has 2 rings (SSSR count). The molecular weight excluding hydrogens is 302 g/mol. The van der Waals surface area contributed by atoms with E-state index in [1.165, 1.54) is 37.7 Å². The molecule has 1 aromatic carbocycles. The van der Waals surface area contributed by atoms with Crippen molar-refractivity contribution in [2.24, 2.45) is 11.1 Å². The molecular formula is C16H24BrNO. The molecule has 0 aliphatic heterocycles. The molecule has 1 aromatic rings. The predicted octanol–water partition coefficient (Wildman–Crippen LogP) is 4.30. The van der Waals surface area contributed by atoms with Crippen LogP contribution in [-0.4, -0.2) is 13.2 Å². The van der Waals surface area contributed by atoms with Crippen LogP contribution >= 0.6 is 15.9 Å². The molecule has 1 atom stereocenters. The Morgan fingerprint density at radius 3 is 2.63 bits per heavy atom. The van der Waals surface area contributed by atoms with Gasteiger partial charge in [0.05, 0.1) is 7.11 Å². The fourth-order valence-corrected chi connectivity index (χ4v) is 3.53. The van der Waals surface area contributed by atoms with Gasteiger partial charge in [0, 0.05) is 10.5 Å². The van der Waals surface area contributed by atoms with E-state index >= 15 is 0 Å². The molecule has 106 valence electrons. The van der Waals surface area contributed by atoms with E-state index in [9.17, 15) is 0 Å². The second kappa shape index (κ2) is 6.27. The van der Waals surface area contributed by atoms with Crippen LogP contribution in [0.1, 0.15) is 44.6 Å². The first-order valence-electron chi connectivity index (χ1n) is 7.13. The van der Waals surface area contributed by atoms with Crippen molar-refractivity contribution in [1.82, 2.24) is 0 Å². The van der Waals surface area contributed by atoms with E-state index in [1.54, 1.807) is 7.11 Å². The SMILES string of the molecule is COc1ccc(Br)cc1CC(N)C1(C)CCCCC1. The number of hydrogen-bond acceptors (Lipinski definition) is 2. The summed E-state index contributed by atoms with van der Waals surface area (Å²) < 4.78 is 6.53. The Morgan fingerprint density at radius 1 is 1.32 bits per heavy atom. The molecule has 0 saturated heterocycles. The maximum atomic E-state index is 6.52. The lowest BCUT2D eigenvalue weighted by molar-refractivity contribution is 0.168. The van der Waals surface area contributed by atoms with Gasteiger partial charge < -0.3 is 10.5 Å². The van der Waals surface area contributed by atoms with Crippen LogP contribution in [-0.2, 0) is 6.42 Å². The zero-order chi connectivity index (χ0) is 13.9. The summed E-state index contributed by atoms with van der Waals surface area (Å²) in [7, 11) is 1.72. The van der Waals surface area contributed by atoms with E-state index in [0.717, 1.165) is 16.6 Å². The van der Waals surface area contributed by atoms with Crippen LogP contribution in [0.5, 0.6) is 5.75 Å². The van der Waals surface area contributed by atoms with E-state index in [4.69, 9.17) is 10.5 Å². The Labute approximate surface area is 124 Å². The van der Waals surface area contributed by atoms with Crippen molar-refractivity contribution < 1.29 is 4.74 Å². The summed E-state index contributed by atoms with van der Waals surface area (Å²) in [5.41, 5.74) is 8.01. The second-order valence-corrected chi connectivity index (χ2v) is 6.90. The zero-order valence-electron chi connectivity index (χ0n) is 11.9. The molecule has 1 aliphatic rings. The van der Waals surface area contributed by atoms with Gasteiger partial charge in [-0.15, -0.1) is 0 Å². The van der Waals surface area contributed by atoms with Gasteiger partial charge in [-0.05, 0) is 48.4 Å². The summed E-state index contributed by atoms with van der Waals surface area (Å²) in [6.07, 6.45) is 7.40. The Hall–Kier alpha value is -0.540. The lowest BCUT2D eigenvalue weighted by atomic mass is 9.69. The van der Waals surface area contributed by atoms with Gasteiger partial charge in [0.25, 0.3) is 0 Å². The van der Waals surface area contributed by atoms with Crippen LogP contribution < -0.4 is 10.5 Å². The van der Waals surface area contributed by atoms with Gasteiger partial charge in [-0.1, -0.05) is 42.1 Å². The molecule has 2 nitrogen and oxygen atoms in total. The molecule has 0 bridgehead atoms. The van der Waals surface area contributed by atoms with Crippen LogP contribution in [0.4, 0.5) is 0 Å². The third kappa shape index (κ3) is 3.51. The highest BCUT2D eigenvalue weighted by Gasteiger charge is 2.33. The summed E-state index contributed by atoms with van der Waals surface area (Å²) in [6.45, 7) is 2.35. The molecule has 0 heterocycles. The van der Waals surface area contributed by atoms with Crippen molar-refractivity contribution in [3.63, 3.8) is 0 Å². The molecule has 19 heavy (non-hydrogen) atoms. The van der Waals surface area contributed by atoms with Crippen LogP contribution in [0, 0.1) is 5.41 Å². The van der Waals surface area contributed by atoms with E-state index in [-0.39, 0.29) is 11.5 Å². The molecule has 0 amide bonds. The second-order valence-electron chi connectivity index (χ2n) is 5.98. The topological polar surface area (TPSA) is 35.2 Å². The van der Waals surface area contributed by atoms with Gasteiger partial charge in [-0.3, -0.25) is 0 Å². The average Bonchev–Trinajstić information content (AvgIpc) is 2.40. The fraction of sp³-hybridized carbons (Fsp3) is 0.625. The maximum Gasteiger partial charge on any atom is 0.122 e. The molecule has 1 unspecified atom stereocenters. The number of benzene rings is 1. The number of ether oxygens (including phenoxy) is 1. The monoisotopic (exact) mass is 325 g/mol. The van der Waals surface area contributed by atoms with Crippen molar-refractivity contribution >= 4 is 15.9 Å². The van der Waals surface area contributed by atoms with Crippen molar-refractivity contribution in [3.05, 3.63) is 28.2 Å². The minimum Gasteiger partial charge on any atom is -0.496 e. The molecule has 1 fully saturated rings. The van der Waals surface area contributed by atoms with Crippen molar-refractivity contribution in [1.29, 1.82) is 0 Å². The van der Waals surface area contributed by atoms with Gasteiger partial charge in [-0.25, -0.2) is 0 Å². The standard InChI is InChI=1S/C16H24BrNO/c1-16(8-4-3-5-9-16)15(18)11-12-10-13(17)6-7-14(12)19-2/h6-7,10,15H,3-5,8-9,11,18H2,1-2H3. The number of nitrogens with two attached hydrogens (primary N) is 1. The summed E-state index contributed by atoms with van der Waals surface area (Å²) in [5, 5.41) is 0. The van der Waals surface area contributed by atoms with Gasteiger partial charge in [-0.2, -0.15) is 0 Å². The predicted molar refractivity (Wildman–Crippen MR) is 83.6 cm³/mol. The van der Waals surface area contributed by atoms with Crippen molar-refractivity contribution in [2.75, 3.05) is 7.11 Å². The highest BCUT2D eigenvalue weighted by Crippen LogP contribution is 2.39. The number of hydrogen-bond donors (Lipinski definition) is 1. The first-order chi connectivity index (χ1) is 9.05. The third-order valence-corrected chi connectivity index (χ3v) is 5.07. The Morgan fingerprint density at radius 2 is 2.00 bits per heavy atom. The van der Waals surface area contributed by atoms with Crippen molar-refractivity contribution in [3.8, 4) is 5.75 Å². The summed E-state index contributed by atoms with van der Waals surface area (Å²) in [4.78, 5) is 0. The largest absolute Gasteiger partial charge is 0.496 e. The van der Waals surface area contributed by atoms with E-state index in [0.29, 0.717) is 0 Å². The molecule has 1 saturated carbocycles. The lowest BCUT2D eigenvalue weighted by Crippen LogP contribution is -2.42. The minimum absolute atomic E-state index is 0.205. The van der Waals surface area contributed by atoms with Crippen LogP contribution in [0.15, 0.2) is 22.7 Å². The molecule has 3 heteroatoms. The lowest BCUT2D eigenvalue weighted by Gasteiger charge is -2.39. The van der Waals surface area contributed by atoms with Crippen LogP contribution in [0.3, 0.4) is 0 Å². The van der Waals surface area contributed by atoms with Crippen LogP contribution in [0.25, 0.3) is 0 Å². The summed E-state index contributed by atoms with van der Waals surface area (Å²) in [5.74, 6) is 0.943. The highest BCUT2D eigenvalue weighted by atomic mass is 79.9. The Kier molecular flexibility index (Phi) is 4.91. The first-order valence-corrected chi connectivity index (χ1v) is 7.92. The normalized spacial score (nSPS) is 20.0. The third-order valence-electron chi connectivity index (χ3n) is 4.57. The molecule has 2 N–H and O–H groups in total. The average molecular weight is 326 g/mol. The number of rotatable bonds is 4. The molecule has 0 spiro atoms. The van der Waals surface area contributed by atoms with E-state index in [1.807, 2.05) is 12.1 Å². The molecule has 0 aromatic heterocycles. The minimum atomic E-state index is 0.205. The Balaban J connectivity index is 2.13.